The number of aliphatic hydroxyl groups excluding tert-OH is 27. The number of aliphatic carboxylic acids is 3. The standard InChI is InChI=1S/C67H111N5O52/c1-18-39(93)46(100)48(102)59(112-18)118-53-38(69-20(3)84)58(113-27(9-75)42(53)96)119-57-43(97)28(10-76)114-61(50(57)104)117-52-31(13-79)115-60(49(103)47(52)101)116-51(21(7-73)68-19(2)83)41(95)26(89)17-111-65(62(105)106)4-22(85)36(71-33(91)15-81)55(122-65)44(98)29(11-77)121-67(64(109)110)6-24(87)37(72-34(92)16-82)56(124-67)45(99)30(12-78)120-66(63(107)108)5-23(86)35(70-32(90)14-80)54(123-66)40(94)25(88)8-74/h18,21-31,35-61,73-82,85-89,93-104H,4-17H2,1-3H3,(H,68,83)(H,69,84)(H,70,90)(H,71,91)(H,72,92)(H,105,106)(H,107,108)(H,109,110)/t18-,21-,22-,23-,24-,25+,26+,27+,28+,29+,30+,31+,35+,36+,37+,38+,39+,40+,41-,42-,43-,44+,45+,46+,47+,48-,49+,50+,51+,52-,53+,54+,55+,56+,57-,58-,59-,60-,61-,65+,66+,67+/m0/s1. The van der Waals surface area contributed by atoms with Gasteiger partial charge in [0.2, 0.25) is 29.5 Å². The lowest BCUT2D eigenvalue weighted by Crippen LogP contribution is -2.71. The Kier molecular flexibility index (Phi) is 38.7. The van der Waals surface area contributed by atoms with Gasteiger partial charge < -0.3 is 246 Å². The Labute approximate surface area is 698 Å². The fourth-order valence-corrected chi connectivity index (χ4v) is 15.0. The van der Waals surface area contributed by atoms with Crippen molar-refractivity contribution < 1.29 is 258 Å². The van der Waals surface area contributed by atoms with Crippen LogP contribution < -0.4 is 26.6 Å². The van der Waals surface area contributed by atoms with Gasteiger partial charge in [-0.25, -0.2) is 14.4 Å². The van der Waals surface area contributed by atoms with Gasteiger partial charge in [0.15, 0.2) is 25.2 Å². The fourth-order valence-electron chi connectivity index (χ4n) is 15.0. The van der Waals surface area contributed by atoms with Crippen molar-refractivity contribution in [1.82, 2.24) is 26.6 Å². The van der Waals surface area contributed by atoms with Crippen LogP contribution in [-0.2, 0) is 105 Å². The van der Waals surface area contributed by atoms with Crippen molar-refractivity contribution in [1.29, 1.82) is 0 Å². The van der Waals surface area contributed by atoms with Crippen LogP contribution in [0.3, 0.4) is 0 Å². The fraction of sp³-hybridized carbons (Fsp3) is 0.881. The van der Waals surface area contributed by atoms with Gasteiger partial charge in [-0.1, -0.05) is 0 Å². The zero-order chi connectivity index (χ0) is 93.0. The third-order valence-electron chi connectivity index (χ3n) is 21.5. The van der Waals surface area contributed by atoms with E-state index < -0.39 is 395 Å². The first-order valence-electron chi connectivity index (χ1n) is 38.3. The first-order chi connectivity index (χ1) is 58.2. The number of carboxylic acid groups (broad SMARTS) is 3. The van der Waals surface area contributed by atoms with Crippen molar-refractivity contribution >= 4 is 47.4 Å². The number of nitrogens with one attached hydrogen (secondary N) is 5. The Morgan fingerprint density at radius 1 is 0.403 bits per heavy atom. The van der Waals surface area contributed by atoms with Crippen molar-refractivity contribution in [2.45, 2.75) is 296 Å². The second-order valence-corrected chi connectivity index (χ2v) is 30.2. The summed E-state index contributed by atoms with van der Waals surface area (Å²) < 4.78 is 79.8. The molecule has 35 N–H and O–H groups in total. The molecule has 7 saturated heterocycles. The molecule has 0 radical (unpaired) electrons. The van der Waals surface area contributed by atoms with Gasteiger partial charge in [-0.05, 0) is 6.92 Å². The quantitative estimate of drug-likeness (QED) is 0.0270. The van der Waals surface area contributed by atoms with E-state index in [9.17, 15) is 192 Å². The number of rotatable bonds is 42. The predicted octanol–water partition coefficient (Wildman–Crippen LogP) is -22.5. The molecule has 0 aliphatic carbocycles. The van der Waals surface area contributed by atoms with Crippen molar-refractivity contribution in [3.8, 4) is 0 Å². The number of amides is 5. The van der Waals surface area contributed by atoms with Crippen LogP contribution >= 0.6 is 0 Å². The molecule has 57 heteroatoms. The van der Waals surface area contributed by atoms with Crippen LogP contribution in [-0.4, -0.2) is 529 Å². The van der Waals surface area contributed by atoms with E-state index in [4.69, 9.17) is 66.3 Å². The number of ether oxygens (including phenoxy) is 14. The molecule has 7 fully saturated rings. The average Bonchev–Trinajstić information content (AvgIpc) is 0.748. The van der Waals surface area contributed by atoms with Crippen molar-refractivity contribution in [2.75, 3.05) is 72.7 Å². The normalized spacial score (nSPS) is 40.3. The third kappa shape index (κ3) is 23.8. The summed E-state index contributed by atoms with van der Waals surface area (Å²) in [5, 5.41) is 340. The molecule has 0 aromatic rings. The molecular formula is C67H111N5O52. The second-order valence-electron chi connectivity index (χ2n) is 30.2. The summed E-state index contributed by atoms with van der Waals surface area (Å²) in [6.45, 7) is -12.4. The van der Waals surface area contributed by atoms with Crippen LogP contribution in [0.4, 0.5) is 0 Å². The van der Waals surface area contributed by atoms with E-state index >= 15 is 0 Å². The van der Waals surface area contributed by atoms with Crippen molar-refractivity contribution in [3.05, 3.63) is 0 Å². The summed E-state index contributed by atoms with van der Waals surface area (Å²) in [5.41, 5.74) is 0. The average molecular weight is 1820 g/mol. The zero-order valence-corrected chi connectivity index (χ0v) is 65.8. The Morgan fingerprint density at radius 2 is 0.806 bits per heavy atom. The summed E-state index contributed by atoms with van der Waals surface area (Å²) >= 11 is 0. The molecule has 716 valence electrons. The molecule has 7 aliphatic heterocycles. The van der Waals surface area contributed by atoms with Gasteiger partial charge in [0, 0.05) is 33.1 Å². The first-order valence-corrected chi connectivity index (χ1v) is 38.3. The second kappa shape index (κ2) is 45.6. The maximum atomic E-state index is 13.7. The predicted molar refractivity (Wildman–Crippen MR) is 379 cm³/mol. The molecule has 7 rings (SSSR count). The number of carbonyl (C=O) groups excluding carboxylic acids is 5. The van der Waals surface area contributed by atoms with Gasteiger partial charge in [-0.2, -0.15) is 0 Å². The summed E-state index contributed by atoms with van der Waals surface area (Å²) in [6, 6.07) is -10.4. The van der Waals surface area contributed by atoms with Crippen molar-refractivity contribution in [2.24, 2.45) is 0 Å². The minimum atomic E-state index is -3.75. The Bertz CT molecular complexity index is 3460. The SMILES string of the molecule is CC(=O)N[C@H]1[C@H](O[C@H]2[C@@H](O)[C@@H](CO)O[C@@H](O[C@@H]3[C@H](O)[C@@H](O)[C@H](O[C@@H]([C@@H](O)[C@H](O)CO[C@]4(C(=O)O)C[C@H](O)[C@@H](NC(=O)CO)[C@H]([C@H](O)[C@@H](CO)O[C@]5(C(=O)O)C[C@H](O)[C@@H](NC(=O)CO)[C@H]([C@H](O)[C@@H](CO)O[C@]6(C(=O)O)C[C@H](O)[C@@H](NC(=O)CO)[C@H]([C@H](O)[C@H](O)CO)O6)O5)O4)[C@H](CO)NC(C)=O)O[C@@H]3CO)[C@@H]2O)O[C@H](CO)[C@H](O)[C@@H]1O[C@@H]1O[C@@H](C)[C@@H](O)[C@@H](O)[C@@H]1O. The monoisotopic (exact) mass is 1820 g/mol. The summed E-state index contributed by atoms with van der Waals surface area (Å²) in [6.07, 6.45) is -82.6. The number of hydrogen-bond acceptors (Lipinski definition) is 49. The lowest BCUT2D eigenvalue weighted by molar-refractivity contribution is -0.383. The van der Waals surface area contributed by atoms with Crippen LogP contribution in [0.5, 0.6) is 0 Å². The molecule has 42 atom stereocenters. The molecule has 0 aromatic heterocycles. The molecule has 5 amide bonds. The minimum absolute atomic E-state index is 0.837. The maximum absolute atomic E-state index is 13.7. The minimum Gasteiger partial charge on any atom is -0.477 e. The molecule has 0 aromatic carbocycles. The highest BCUT2D eigenvalue weighted by atomic mass is 16.8. The number of carboxylic acids is 3. The van der Waals surface area contributed by atoms with Crippen LogP contribution in [0, 0.1) is 0 Å². The smallest absolute Gasteiger partial charge is 0.364 e. The van der Waals surface area contributed by atoms with Crippen molar-refractivity contribution in [3.63, 3.8) is 0 Å². The molecule has 0 bridgehead atoms. The molecule has 124 heavy (non-hydrogen) atoms. The van der Waals surface area contributed by atoms with Gasteiger partial charge >= 0.3 is 17.9 Å². The Balaban J connectivity index is 1.14. The molecule has 0 saturated carbocycles. The van der Waals surface area contributed by atoms with Gasteiger partial charge in [0.25, 0.3) is 17.4 Å². The Hall–Kier alpha value is -5.88. The maximum Gasteiger partial charge on any atom is 0.364 e. The van der Waals surface area contributed by atoms with E-state index in [-0.39, 0.29) is 0 Å². The third-order valence-corrected chi connectivity index (χ3v) is 21.5. The van der Waals surface area contributed by atoms with Crippen LogP contribution in [0.1, 0.15) is 40.0 Å². The van der Waals surface area contributed by atoms with Gasteiger partial charge in [-0.15, -0.1) is 0 Å². The highest BCUT2D eigenvalue weighted by Crippen LogP contribution is 2.43. The highest BCUT2D eigenvalue weighted by molar-refractivity contribution is 5.80. The molecule has 0 unspecified atom stereocenters. The number of carbonyl (C=O) groups is 8. The zero-order valence-electron chi connectivity index (χ0n) is 65.8. The van der Waals surface area contributed by atoms with E-state index in [0.717, 1.165) is 13.8 Å². The summed E-state index contributed by atoms with van der Waals surface area (Å²) in [5.74, 6) is -24.2. The van der Waals surface area contributed by atoms with E-state index in [1.165, 1.54) is 6.92 Å². The summed E-state index contributed by atoms with van der Waals surface area (Å²) in [4.78, 5) is 104. The lowest BCUT2D eigenvalue weighted by Gasteiger charge is -2.50. The van der Waals surface area contributed by atoms with E-state index in [1.54, 1.807) is 0 Å². The van der Waals surface area contributed by atoms with Gasteiger partial charge in [-0.3, -0.25) is 24.0 Å². The molecule has 57 nitrogen and oxygen atoms in total. The largest absolute Gasteiger partial charge is 0.477 e. The molecule has 0 spiro atoms. The molecule has 7 heterocycles. The van der Waals surface area contributed by atoms with Crippen LogP contribution in [0.15, 0.2) is 0 Å². The number of aliphatic hydroxyl groups is 27. The lowest BCUT2D eigenvalue weighted by atomic mass is 9.86. The van der Waals surface area contributed by atoms with Gasteiger partial charge in [0.1, 0.15) is 185 Å². The summed E-state index contributed by atoms with van der Waals surface area (Å²) in [7, 11) is 0. The molecule has 7 aliphatic rings. The van der Waals surface area contributed by atoms with E-state index in [0.29, 0.717) is 0 Å². The highest BCUT2D eigenvalue weighted by Gasteiger charge is 2.65. The van der Waals surface area contributed by atoms with Crippen LogP contribution in [0.25, 0.3) is 0 Å². The van der Waals surface area contributed by atoms with Gasteiger partial charge in [0.05, 0.1) is 101 Å². The Morgan fingerprint density at radius 3 is 1.23 bits per heavy atom. The van der Waals surface area contributed by atoms with E-state index in [2.05, 4.69) is 10.6 Å². The van der Waals surface area contributed by atoms with Crippen LogP contribution in [0.2, 0.25) is 0 Å². The first kappa shape index (κ1) is 105. The van der Waals surface area contributed by atoms with E-state index in [1.807, 2.05) is 16.0 Å². The number of hydrogen-bond donors (Lipinski definition) is 35. The topological polar surface area (TPSA) is 933 Å². The molecular weight excluding hydrogens is 1710 g/mol.